The maximum absolute atomic E-state index is 5.49. The summed E-state index contributed by atoms with van der Waals surface area (Å²) in [7, 11) is 0. The van der Waals surface area contributed by atoms with Crippen molar-refractivity contribution >= 4 is 0 Å². The van der Waals surface area contributed by atoms with E-state index in [1.807, 2.05) is 6.92 Å². The van der Waals surface area contributed by atoms with E-state index >= 15 is 0 Å². The monoisotopic (exact) mass is 153 g/mol. The molecular formula is C9H15NO. The fourth-order valence-electron chi connectivity index (χ4n) is 1.10. The van der Waals surface area contributed by atoms with Crippen LogP contribution in [-0.2, 0) is 12.8 Å². The standard InChI is InChI=1S/C9H15NO/c1-4-6-8-7(3)10-9(5-2)11-8/h4-6H2,1-3H3. The molecule has 0 saturated carbocycles. The highest BCUT2D eigenvalue weighted by Crippen LogP contribution is 2.12. The lowest BCUT2D eigenvalue weighted by atomic mass is 10.2. The summed E-state index contributed by atoms with van der Waals surface area (Å²) in [6.07, 6.45) is 3.03. The van der Waals surface area contributed by atoms with Gasteiger partial charge >= 0.3 is 0 Å². The lowest BCUT2D eigenvalue weighted by Crippen LogP contribution is -1.82. The van der Waals surface area contributed by atoms with Gasteiger partial charge in [-0.25, -0.2) is 4.98 Å². The summed E-state index contributed by atoms with van der Waals surface area (Å²) in [6, 6.07) is 0. The van der Waals surface area contributed by atoms with E-state index in [0.29, 0.717) is 0 Å². The highest BCUT2D eigenvalue weighted by molar-refractivity contribution is 5.07. The Morgan fingerprint density at radius 1 is 1.36 bits per heavy atom. The highest BCUT2D eigenvalue weighted by atomic mass is 16.4. The summed E-state index contributed by atoms with van der Waals surface area (Å²) in [5.41, 5.74) is 1.06. The lowest BCUT2D eigenvalue weighted by Gasteiger charge is -1.90. The van der Waals surface area contributed by atoms with Gasteiger partial charge in [-0.2, -0.15) is 0 Å². The molecule has 0 atom stereocenters. The minimum atomic E-state index is 0.867. The van der Waals surface area contributed by atoms with E-state index in [4.69, 9.17) is 4.42 Å². The first-order valence-electron chi connectivity index (χ1n) is 4.23. The Hall–Kier alpha value is -0.790. The third-order valence-corrected chi connectivity index (χ3v) is 1.72. The lowest BCUT2D eigenvalue weighted by molar-refractivity contribution is 0.456. The fourth-order valence-corrected chi connectivity index (χ4v) is 1.10. The van der Waals surface area contributed by atoms with Gasteiger partial charge in [-0.15, -0.1) is 0 Å². The quantitative estimate of drug-likeness (QED) is 0.666. The first-order valence-corrected chi connectivity index (χ1v) is 4.23. The molecular weight excluding hydrogens is 138 g/mol. The summed E-state index contributed by atoms with van der Waals surface area (Å²) >= 11 is 0. The molecule has 0 aliphatic carbocycles. The van der Waals surface area contributed by atoms with Crippen molar-refractivity contribution in [2.45, 2.75) is 40.0 Å². The van der Waals surface area contributed by atoms with Crippen LogP contribution >= 0.6 is 0 Å². The second kappa shape index (κ2) is 3.56. The predicted molar refractivity (Wildman–Crippen MR) is 44.6 cm³/mol. The van der Waals surface area contributed by atoms with Crippen molar-refractivity contribution in [1.82, 2.24) is 4.98 Å². The molecule has 0 aliphatic heterocycles. The first-order chi connectivity index (χ1) is 5.27. The van der Waals surface area contributed by atoms with Gasteiger partial charge in [0, 0.05) is 12.8 Å². The van der Waals surface area contributed by atoms with Crippen LogP contribution in [0.5, 0.6) is 0 Å². The van der Waals surface area contributed by atoms with Crippen LogP contribution in [0.4, 0.5) is 0 Å². The van der Waals surface area contributed by atoms with Crippen molar-refractivity contribution < 1.29 is 4.42 Å². The zero-order valence-electron chi connectivity index (χ0n) is 7.48. The summed E-state index contributed by atoms with van der Waals surface area (Å²) in [4.78, 5) is 4.28. The minimum absolute atomic E-state index is 0.867. The molecule has 1 heterocycles. The number of hydrogen-bond donors (Lipinski definition) is 0. The average Bonchev–Trinajstić information content (AvgIpc) is 2.33. The smallest absolute Gasteiger partial charge is 0.194 e. The van der Waals surface area contributed by atoms with Crippen molar-refractivity contribution in [3.8, 4) is 0 Å². The summed E-state index contributed by atoms with van der Waals surface area (Å²) in [5, 5.41) is 0. The Balaban J connectivity index is 2.79. The average molecular weight is 153 g/mol. The zero-order chi connectivity index (χ0) is 8.27. The van der Waals surface area contributed by atoms with Crippen molar-refractivity contribution in [3.05, 3.63) is 17.3 Å². The largest absolute Gasteiger partial charge is 0.445 e. The number of rotatable bonds is 3. The van der Waals surface area contributed by atoms with Crippen LogP contribution in [0, 0.1) is 6.92 Å². The van der Waals surface area contributed by atoms with Gasteiger partial charge in [0.15, 0.2) is 5.89 Å². The number of hydrogen-bond acceptors (Lipinski definition) is 2. The topological polar surface area (TPSA) is 26.0 Å². The second-order valence-corrected chi connectivity index (χ2v) is 2.72. The number of aromatic nitrogens is 1. The van der Waals surface area contributed by atoms with Crippen molar-refractivity contribution in [2.24, 2.45) is 0 Å². The molecule has 1 aromatic heterocycles. The van der Waals surface area contributed by atoms with Gasteiger partial charge in [0.2, 0.25) is 0 Å². The first kappa shape index (κ1) is 8.31. The Morgan fingerprint density at radius 3 is 2.55 bits per heavy atom. The van der Waals surface area contributed by atoms with Crippen LogP contribution in [0.25, 0.3) is 0 Å². The molecule has 0 N–H and O–H groups in total. The van der Waals surface area contributed by atoms with Crippen LogP contribution < -0.4 is 0 Å². The summed E-state index contributed by atoms with van der Waals surface area (Å²) < 4.78 is 5.49. The molecule has 1 aromatic rings. The van der Waals surface area contributed by atoms with Crippen LogP contribution in [0.2, 0.25) is 0 Å². The van der Waals surface area contributed by atoms with Gasteiger partial charge in [0.25, 0.3) is 0 Å². The van der Waals surface area contributed by atoms with Gasteiger partial charge < -0.3 is 4.42 Å². The van der Waals surface area contributed by atoms with Crippen LogP contribution in [0.15, 0.2) is 4.42 Å². The van der Waals surface area contributed by atoms with Gasteiger partial charge in [-0.05, 0) is 13.3 Å². The number of aryl methyl sites for hydroxylation is 3. The fraction of sp³-hybridized carbons (Fsp3) is 0.667. The van der Waals surface area contributed by atoms with Crippen molar-refractivity contribution in [2.75, 3.05) is 0 Å². The van der Waals surface area contributed by atoms with E-state index in [9.17, 15) is 0 Å². The molecule has 0 saturated heterocycles. The Bertz CT molecular complexity index is 227. The molecule has 62 valence electrons. The van der Waals surface area contributed by atoms with E-state index in [0.717, 1.165) is 36.6 Å². The van der Waals surface area contributed by atoms with E-state index in [1.54, 1.807) is 0 Å². The maximum Gasteiger partial charge on any atom is 0.194 e. The number of oxazole rings is 1. The molecule has 2 heteroatoms. The second-order valence-electron chi connectivity index (χ2n) is 2.72. The van der Waals surface area contributed by atoms with E-state index in [-0.39, 0.29) is 0 Å². The van der Waals surface area contributed by atoms with Crippen molar-refractivity contribution in [3.63, 3.8) is 0 Å². The number of nitrogens with zero attached hydrogens (tertiary/aromatic N) is 1. The molecule has 11 heavy (non-hydrogen) atoms. The van der Waals surface area contributed by atoms with Crippen LogP contribution in [-0.4, -0.2) is 4.98 Å². The molecule has 0 aromatic carbocycles. The molecule has 0 spiro atoms. The molecule has 0 bridgehead atoms. The van der Waals surface area contributed by atoms with Gasteiger partial charge in [-0.1, -0.05) is 13.8 Å². The minimum Gasteiger partial charge on any atom is -0.445 e. The normalized spacial score (nSPS) is 10.5. The van der Waals surface area contributed by atoms with Crippen molar-refractivity contribution in [1.29, 1.82) is 0 Å². The highest BCUT2D eigenvalue weighted by Gasteiger charge is 2.05. The van der Waals surface area contributed by atoms with Gasteiger partial charge in [-0.3, -0.25) is 0 Å². The SMILES string of the molecule is CCCc1oc(CC)nc1C. The molecule has 0 unspecified atom stereocenters. The Labute approximate surface area is 67.6 Å². The molecule has 2 nitrogen and oxygen atoms in total. The zero-order valence-corrected chi connectivity index (χ0v) is 7.48. The summed E-state index contributed by atoms with van der Waals surface area (Å²) in [5.74, 6) is 1.93. The van der Waals surface area contributed by atoms with Gasteiger partial charge in [0.1, 0.15) is 5.76 Å². The van der Waals surface area contributed by atoms with Crippen LogP contribution in [0.3, 0.4) is 0 Å². The third kappa shape index (κ3) is 1.82. The van der Waals surface area contributed by atoms with E-state index in [2.05, 4.69) is 18.8 Å². The Kier molecular flexibility index (Phi) is 2.69. The molecule has 0 radical (unpaired) electrons. The summed E-state index contributed by atoms with van der Waals surface area (Å²) in [6.45, 7) is 6.21. The molecule has 1 rings (SSSR count). The molecule has 0 aliphatic rings. The Morgan fingerprint density at radius 2 is 2.09 bits per heavy atom. The predicted octanol–water partition coefficient (Wildman–Crippen LogP) is 2.50. The molecule has 0 fully saturated rings. The molecule has 0 amide bonds. The third-order valence-electron chi connectivity index (χ3n) is 1.72. The van der Waals surface area contributed by atoms with E-state index < -0.39 is 0 Å². The van der Waals surface area contributed by atoms with E-state index in [1.165, 1.54) is 0 Å². The van der Waals surface area contributed by atoms with Crippen LogP contribution in [0.1, 0.15) is 37.6 Å². The van der Waals surface area contributed by atoms with Gasteiger partial charge in [0.05, 0.1) is 5.69 Å². The maximum atomic E-state index is 5.49.